The fraction of sp³-hybridized carbons (Fsp3) is 0.115. The third-order valence-corrected chi connectivity index (χ3v) is 6.41. The highest BCUT2D eigenvalue weighted by molar-refractivity contribution is 7.89. The van der Waals surface area contributed by atoms with Crippen molar-refractivity contribution in [2.45, 2.75) is 18.4 Å². The summed E-state index contributed by atoms with van der Waals surface area (Å²) in [5.41, 5.74) is 2.72. The van der Waals surface area contributed by atoms with Crippen LogP contribution >= 0.6 is 0 Å². The van der Waals surface area contributed by atoms with E-state index in [0.717, 1.165) is 21.9 Å². The van der Waals surface area contributed by atoms with E-state index in [-0.39, 0.29) is 4.90 Å². The SMILES string of the molecule is COc1cc(C=NNS(=O)(=O)c2ccc(C)cc2)ccc1OCc1cccc2ccccc12. The number of sulfonamides is 1. The minimum absolute atomic E-state index is 0.153. The molecule has 0 aliphatic carbocycles. The van der Waals surface area contributed by atoms with E-state index >= 15 is 0 Å². The second-order valence-corrected chi connectivity index (χ2v) is 9.16. The van der Waals surface area contributed by atoms with E-state index in [1.165, 1.54) is 18.3 Å². The Kier molecular flexibility index (Phi) is 6.60. The molecule has 0 atom stereocenters. The average Bonchev–Trinajstić information content (AvgIpc) is 2.83. The Bertz CT molecular complexity index is 1390. The number of hydrazone groups is 1. The molecule has 4 rings (SSSR count). The highest BCUT2D eigenvalue weighted by atomic mass is 32.2. The van der Waals surface area contributed by atoms with E-state index < -0.39 is 10.0 Å². The molecule has 1 N–H and O–H groups in total. The van der Waals surface area contributed by atoms with Gasteiger partial charge < -0.3 is 9.47 Å². The van der Waals surface area contributed by atoms with Crippen LogP contribution in [0, 0.1) is 6.92 Å². The number of methoxy groups -OCH3 is 1. The highest BCUT2D eigenvalue weighted by Gasteiger charge is 2.12. The van der Waals surface area contributed by atoms with Crippen molar-refractivity contribution in [1.29, 1.82) is 0 Å². The molecule has 4 aromatic rings. The van der Waals surface area contributed by atoms with Gasteiger partial charge in [0.15, 0.2) is 11.5 Å². The van der Waals surface area contributed by atoms with Crippen molar-refractivity contribution in [2.24, 2.45) is 5.10 Å². The number of aryl methyl sites for hydroxylation is 1. The molecule has 0 aromatic heterocycles. The second kappa shape index (κ2) is 9.75. The van der Waals surface area contributed by atoms with Gasteiger partial charge in [-0.1, -0.05) is 60.2 Å². The summed E-state index contributed by atoms with van der Waals surface area (Å²) in [5.74, 6) is 1.11. The van der Waals surface area contributed by atoms with E-state index in [4.69, 9.17) is 9.47 Å². The molecule has 0 bridgehead atoms. The zero-order valence-corrected chi connectivity index (χ0v) is 19.2. The molecule has 0 amide bonds. The molecular weight excluding hydrogens is 436 g/mol. The molecule has 0 saturated heterocycles. The molecular formula is C26H24N2O4S. The van der Waals surface area contributed by atoms with Crippen LogP contribution in [-0.4, -0.2) is 21.7 Å². The Morgan fingerprint density at radius 3 is 2.45 bits per heavy atom. The zero-order chi connectivity index (χ0) is 23.3. The van der Waals surface area contributed by atoms with E-state index in [0.29, 0.717) is 23.7 Å². The van der Waals surface area contributed by atoms with Gasteiger partial charge in [0, 0.05) is 0 Å². The van der Waals surface area contributed by atoms with Gasteiger partial charge in [0.2, 0.25) is 0 Å². The Morgan fingerprint density at radius 1 is 0.909 bits per heavy atom. The molecule has 7 heteroatoms. The van der Waals surface area contributed by atoms with Gasteiger partial charge in [0.25, 0.3) is 10.0 Å². The van der Waals surface area contributed by atoms with Crippen LogP contribution in [-0.2, 0) is 16.6 Å². The van der Waals surface area contributed by atoms with E-state index in [9.17, 15) is 8.42 Å². The lowest BCUT2D eigenvalue weighted by Crippen LogP contribution is -2.18. The molecule has 33 heavy (non-hydrogen) atoms. The van der Waals surface area contributed by atoms with Gasteiger partial charge in [0.1, 0.15) is 6.61 Å². The van der Waals surface area contributed by atoms with Crippen molar-refractivity contribution < 1.29 is 17.9 Å². The number of fused-ring (bicyclic) bond motifs is 1. The topological polar surface area (TPSA) is 77.0 Å². The molecule has 0 radical (unpaired) electrons. The van der Waals surface area contributed by atoms with Crippen LogP contribution in [0.15, 0.2) is 94.9 Å². The number of hydrogen-bond acceptors (Lipinski definition) is 5. The van der Waals surface area contributed by atoms with Crippen molar-refractivity contribution in [3.8, 4) is 11.5 Å². The van der Waals surface area contributed by atoms with Crippen LogP contribution in [0.1, 0.15) is 16.7 Å². The largest absolute Gasteiger partial charge is 0.493 e. The third-order valence-electron chi connectivity index (χ3n) is 5.17. The maximum absolute atomic E-state index is 12.4. The second-order valence-electron chi connectivity index (χ2n) is 7.50. The van der Waals surface area contributed by atoms with Crippen molar-refractivity contribution >= 4 is 27.0 Å². The average molecular weight is 461 g/mol. The lowest BCUT2D eigenvalue weighted by Gasteiger charge is -2.12. The summed E-state index contributed by atoms with van der Waals surface area (Å²) in [6.45, 7) is 2.28. The Hall–Kier alpha value is -3.84. The van der Waals surface area contributed by atoms with Crippen LogP contribution < -0.4 is 14.3 Å². The fourth-order valence-corrected chi connectivity index (χ4v) is 4.19. The first-order valence-corrected chi connectivity index (χ1v) is 11.8. The first-order chi connectivity index (χ1) is 16.0. The molecule has 0 fully saturated rings. The summed E-state index contributed by atoms with van der Waals surface area (Å²) in [7, 11) is -2.18. The van der Waals surface area contributed by atoms with Gasteiger partial charge in [-0.2, -0.15) is 13.5 Å². The zero-order valence-electron chi connectivity index (χ0n) is 18.4. The maximum atomic E-state index is 12.4. The van der Waals surface area contributed by atoms with Gasteiger partial charge >= 0.3 is 0 Å². The quantitative estimate of drug-likeness (QED) is 0.295. The summed E-state index contributed by atoms with van der Waals surface area (Å²) < 4.78 is 36.2. The predicted molar refractivity (Wildman–Crippen MR) is 130 cm³/mol. The van der Waals surface area contributed by atoms with Crippen molar-refractivity contribution in [2.75, 3.05) is 7.11 Å². The number of rotatable bonds is 8. The summed E-state index contributed by atoms with van der Waals surface area (Å²) >= 11 is 0. The molecule has 0 spiro atoms. The van der Waals surface area contributed by atoms with Crippen molar-refractivity contribution in [1.82, 2.24) is 4.83 Å². The monoisotopic (exact) mass is 460 g/mol. The van der Waals surface area contributed by atoms with Crippen LogP contribution in [0.4, 0.5) is 0 Å². The fourth-order valence-electron chi connectivity index (χ4n) is 3.40. The minimum Gasteiger partial charge on any atom is -0.493 e. The summed E-state index contributed by atoms with van der Waals surface area (Å²) in [6, 6.07) is 26.1. The van der Waals surface area contributed by atoms with E-state index in [1.807, 2.05) is 31.2 Å². The number of nitrogens with one attached hydrogen (secondary N) is 1. The van der Waals surface area contributed by atoms with Crippen molar-refractivity contribution in [3.05, 3.63) is 102 Å². The minimum atomic E-state index is -3.73. The highest BCUT2D eigenvalue weighted by Crippen LogP contribution is 2.29. The molecule has 0 heterocycles. The number of ether oxygens (including phenoxy) is 2. The number of benzene rings is 4. The normalized spacial score (nSPS) is 11.6. The third kappa shape index (κ3) is 5.32. The summed E-state index contributed by atoms with van der Waals surface area (Å²) in [4.78, 5) is 2.38. The van der Waals surface area contributed by atoms with Gasteiger partial charge in [-0.3, -0.25) is 0 Å². The standard InChI is InChI=1S/C26H24N2O4S/c1-19-10-13-23(14-11-19)33(29,30)28-27-17-20-12-15-25(26(16-20)31-2)32-18-22-8-5-7-21-6-3-4-9-24(21)22/h3-17,28H,18H2,1-2H3. The summed E-state index contributed by atoms with van der Waals surface area (Å²) in [6.07, 6.45) is 1.42. The van der Waals surface area contributed by atoms with Crippen LogP contribution in [0.3, 0.4) is 0 Å². The molecule has 0 saturated carbocycles. The van der Waals surface area contributed by atoms with Crippen LogP contribution in [0.25, 0.3) is 10.8 Å². The molecule has 6 nitrogen and oxygen atoms in total. The van der Waals surface area contributed by atoms with Crippen molar-refractivity contribution in [3.63, 3.8) is 0 Å². The van der Waals surface area contributed by atoms with Gasteiger partial charge in [-0.15, -0.1) is 0 Å². The smallest absolute Gasteiger partial charge is 0.276 e. The molecule has 0 aliphatic rings. The number of hydrogen-bond donors (Lipinski definition) is 1. The van der Waals surface area contributed by atoms with Gasteiger partial charge in [0.05, 0.1) is 18.2 Å². The first kappa shape index (κ1) is 22.4. The Labute approximate surface area is 193 Å². The maximum Gasteiger partial charge on any atom is 0.276 e. The molecule has 4 aromatic carbocycles. The Balaban J connectivity index is 1.46. The van der Waals surface area contributed by atoms with E-state index in [1.54, 1.807) is 37.4 Å². The van der Waals surface area contributed by atoms with E-state index in [2.05, 4.69) is 28.1 Å². The lowest BCUT2D eigenvalue weighted by molar-refractivity contribution is 0.285. The van der Waals surface area contributed by atoms with Crippen LogP contribution in [0.5, 0.6) is 11.5 Å². The first-order valence-electron chi connectivity index (χ1n) is 10.4. The van der Waals surface area contributed by atoms with Gasteiger partial charge in [-0.05, 0) is 59.2 Å². The molecule has 0 unspecified atom stereocenters. The predicted octanol–water partition coefficient (Wildman–Crippen LogP) is 5.05. The molecule has 168 valence electrons. The Morgan fingerprint density at radius 2 is 1.67 bits per heavy atom. The molecule has 0 aliphatic heterocycles. The number of nitrogens with zero attached hydrogens (tertiary/aromatic N) is 1. The van der Waals surface area contributed by atoms with Gasteiger partial charge in [-0.25, -0.2) is 4.83 Å². The lowest BCUT2D eigenvalue weighted by atomic mass is 10.1. The van der Waals surface area contributed by atoms with Crippen LogP contribution in [0.2, 0.25) is 0 Å². The summed E-state index contributed by atoms with van der Waals surface area (Å²) in [5, 5.41) is 6.19.